The molecule has 0 spiro atoms. The topological polar surface area (TPSA) is 69.6 Å². The Morgan fingerprint density at radius 1 is 1.61 bits per heavy atom. The molecule has 1 saturated carbocycles. The number of nitrogens with zero attached hydrogens (tertiary/aromatic N) is 1. The van der Waals surface area contributed by atoms with Crippen molar-refractivity contribution >= 4 is 23.3 Å². The molecule has 2 N–H and O–H groups in total. The van der Waals surface area contributed by atoms with Gasteiger partial charge in [0.05, 0.1) is 0 Å². The van der Waals surface area contributed by atoms with E-state index in [1.807, 2.05) is 16.8 Å². The van der Waals surface area contributed by atoms with Crippen molar-refractivity contribution in [2.75, 3.05) is 7.05 Å². The molecule has 1 atom stereocenters. The summed E-state index contributed by atoms with van der Waals surface area (Å²) < 4.78 is 0. The zero-order valence-corrected chi connectivity index (χ0v) is 10.9. The van der Waals surface area contributed by atoms with Gasteiger partial charge in [-0.2, -0.15) is 11.3 Å². The molecule has 0 saturated heterocycles. The second-order valence-electron chi connectivity index (χ2n) is 4.59. The third-order valence-electron chi connectivity index (χ3n) is 2.98. The summed E-state index contributed by atoms with van der Waals surface area (Å²) in [5, 5.41) is 15.5. The average molecular weight is 268 g/mol. The van der Waals surface area contributed by atoms with Gasteiger partial charge in [0, 0.05) is 13.6 Å². The van der Waals surface area contributed by atoms with E-state index >= 15 is 0 Å². The van der Waals surface area contributed by atoms with Crippen molar-refractivity contribution in [1.82, 2.24) is 10.2 Å². The van der Waals surface area contributed by atoms with Crippen LogP contribution in [0.3, 0.4) is 0 Å². The molecule has 1 aromatic heterocycles. The van der Waals surface area contributed by atoms with E-state index in [1.165, 1.54) is 4.90 Å². The number of hydrogen-bond acceptors (Lipinski definition) is 3. The lowest BCUT2D eigenvalue weighted by Crippen LogP contribution is -2.47. The maximum absolute atomic E-state index is 11.9. The molecule has 1 aliphatic rings. The van der Waals surface area contributed by atoms with Crippen LogP contribution in [0, 0.1) is 5.92 Å². The van der Waals surface area contributed by atoms with E-state index in [2.05, 4.69) is 5.32 Å². The van der Waals surface area contributed by atoms with E-state index in [0.29, 0.717) is 6.54 Å². The Labute approximate surface area is 109 Å². The van der Waals surface area contributed by atoms with Crippen molar-refractivity contribution < 1.29 is 14.7 Å². The molecule has 0 aromatic carbocycles. The summed E-state index contributed by atoms with van der Waals surface area (Å²) in [4.78, 5) is 24.4. The molecule has 1 heterocycles. The van der Waals surface area contributed by atoms with E-state index in [0.717, 1.165) is 18.4 Å². The number of aliphatic carboxylic acids is 1. The quantitative estimate of drug-likeness (QED) is 0.854. The van der Waals surface area contributed by atoms with Gasteiger partial charge in [0.2, 0.25) is 0 Å². The second kappa shape index (κ2) is 5.39. The van der Waals surface area contributed by atoms with Crippen LogP contribution in [0.5, 0.6) is 0 Å². The summed E-state index contributed by atoms with van der Waals surface area (Å²) in [6.45, 7) is 0.492. The van der Waals surface area contributed by atoms with Crippen molar-refractivity contribution in [1.29, 1.82) is 0 Å². The van der Waals surface area contributed by atoms with Gasteiger partial charge in [-0.1, -0.05) is 0 Å². The Morgan fingerprint density at radius 3 is 2.83 bits per heavy atom. The fourth-order valence-corrected chi connectivity index (χ4v) is 2.44. The Balaban J connectivity index is 1.88. The fourth-order valence-electron chi connectivity index (χ4n) is 1.78. The van der Waals surface area contributed by atoms with E-state index in [1.54, 1.807) is 18.4 Å². The predicted molar refractivity (Wildman–Crippen MR) is 68.5 cm³/mol. The van der Waals surface area contributed by atoms with Crippen molar-refractivity contribution in [3.63, 3.8) is 0 Å². The first-order valence-electron chi connectivity index (χ1n) is 5.83. The number of urea groups is 1. The Hall–Kier alpha value is -1.56. The predicted octanol–water partition coefficient (Wildman–Crippen LogP) is 1.75. The Bertz CT molecular complexity index is 429. The van der Waals surface area contributed by atoms with E-state index < -0.39 is 12.0 Å². The summed E-state index contributed by atoms with van der Waals surface area (Å²) in [6, 6.07) is 0.868. The van der Waals surface area contributed by atoms with Crippen LogP contribution in [-0.2, 0) is 11.3 Å². The highest BCUT2D eigenvalue weighted by molar-refractivity contribution is 7.07. The molecular weight excluding hydrogens is 252 g/mol. The molecule has 1 aliphatic carbocycles. The number of thiophene rings is 1. The lowest BCUT2D eigenvalue weighted by Gasteiger charge is -2.20. The molecule has 6 heteroatoms. The Morgan fingerprint density at radius 2 is 2.33 bits per heavy atom. The number of carbonyl (C=O) groups excluding carboxylic acids is 1. The second-order valence-corrected chi connectivity index (χ2v) is 5.37. The number of amides is 2. The van der Waals surface area contributed by atoms with Crippen molar-refractivity contribution in [3.05, 3.63) is 22.4 Å². The molecule has 2 rings (SSSR count). The summed E-state index contributed by atoms with van der Waals surface area (Å²) >= 11 is 1.57. The number of carbonyl (C=O) groups is 2. The number of rotatable bonds is 5. The maximum Gasteiger partial charge on any atom is 0.326 e. The van der Waals surface area contributed by atoms with Crippen molar-refractivity contribution in [2.24, 2.45) is 5.92 Å². The van der Waals surface area contributed by atoms with Gasteiger partial charge in [0.25, 0.3) is 0 Å². The van der Waals surface area contributed by atoms with E-state index in [-0.39, 0.29) is 11.9 Å². The van der Waals surface area contributed by atoms with Gasteiger partial charge in [0.1, 0.15) is 6.04 Å². The number of carboxylic acids is 1. The molecule has 5 nitrogen and oxygen atoms in total. The summed E-state index contributed by atoms with van der Waals surface area (Å²) in [5.74, 6) is -0.851. The molecule has 0 bridgehead atoms. The average Bonchev–Trinajstić information content (AvgIpc) is 3.03. The van der Waals surface area contributed by atoms with Gasteiger partial charge in [-0.3, -0.25) is 0 Å². The van der Waals surface area contributed by atoms with Crippen molar-refractivity contribution in [3.8, 4) is 0 Å². The first kappa shape index (κ1) is 12.9. The van der Waals surface area contributed by atoms with Crippen LogP contribution < -0.4 is 5.32 Å². The standard InChI is InChI=1S/C12H16N2O3S/c1-14(6-8-4-5-18-7-8)12(17)13-10(11(15)16)9-2-3-9/h4-5,7,9-10H,2-3,6H2,1H3,(H,13,17)(H,15,16). The van der Waals surface area contributed by atoms with Crippen LogP contribution in [0.4, 0.5) is 4.79 Å². The highest BCUT2D eigenvalue weighted by Crippen LogP contribution is 2.32. The largest absolute Gasteiger partial charge is 0.480 e. The molecule has 1 unspecified atom stereocenters. The normalized spacial score (nSPS) is 16.1. The number of nitrogens with one attached hydrogen (secondary N) is 1. The molecule has 0 aliphatic heterocycles. The SMILES string of the molecule is CN(Cc1ccsc1)C(=O)NC(C(=O)O)C1CC1. The van der Waals surface area contributed by atoms with Crippen LogP contribution in [0.1, 0.15) is 18.4 Å². The Kier molecular flexibility index (Phi) is 3.86. The highest BCUT2D eigenvalue weighted by atomic mass is 32.1. The minimum Gasteiger partial charge on any atom is -0.480 e. The minimum atomic E-state index is -0.949. The molecular formula is C12H16N2O3S. The van der Waals surface area contributed by atoms with Crippen LogP contribution in [-0.4, -0.2) is 35.1 Å². The third-order valence-corrected chi connectivity index (χ3v) is 3.72. The van der Waals surface area contributed by atoms with Gasteiger partial charge < -0.3 is 15.3 Å². The monoisotopic (exact) mass is 268 g/mol. The fraction of sp³-hybridized carbons (Fsp3) is 0.500. The minimum absolute atomic E-state index is 0.0981. The zero-order chi connectivity index (χ0) is 13.1. The van der Waals surface area contributed by atoms with E-state index in [9.17, 15) is 9.59 Å². The lowest BCUT2D eigenvalue weighted by molar-refractivity contribution is -0.139. The highest BCUT2D eigenvalue weighted by Gasteiger charge is 2.37. The molecule has 2 amide bonds. The molecule has 1 aromatic rings. The van der Waals surface area contributed by atoms with Crippen LogP contribution >= 0.6 is 11.3 Å². The summed E-state index contributed by atoms with van der Waals surface area (Å²) in [7, 11) is 1.67. The van der Waals surface area contributed by atoms with Gasteiger partial charge >= 0.3 is 12.0 Å². The third kappa shape index (κ3) is 3.22. The number of hydrogen-bond donors (Lipinski definition) is 2. The van der Waals surface area contributed by atoms with Gasteiger partial charge in [0.15, 0.2) is 0 Å². The lowest BCUT2D eigenvalue weighted by atomic mass is 10.2. The molecule has 18 heavy (non-hydrogen) atoms. The number of carboxylic acid groups (broad SMARTS) is 1. The molecule has 1 fully saturated rings. The van der Waals surface area contributed by atoms with Gasteiger partial charge in [-0.15, -0.1) is 0 Å². The first-order valence-corrected chi connectivity index (χ1v) is 6.77. The zero-order valence-electron chi connectivity index (χ0n) is 10.1. The summed E-state index contributed by atoms with van der Waals surface area (Å²) in [5.41, 5.74) is 1.05. The van der Waals surface area contributed by atoms with Gasteiger partial charge in [-0.25, -0.2) is 9.59 Å². The van der Waals surface area contributed by atoms with Crippen LogP contribution in [0.2, 0.25) is 0 Å². The van der Waals surface area contributed by atoms with E-state index in [4.69, 9.17) is 5.11 Å². The molecule has 0 radical (unpaired) electrons. The van der Waals surface area contributed by atoms with Crippen LogP contribution in [0.15, 0.2) is 16.8 Å². The van der Waals surface area contributed by atoms with Gasteiger partial charge in [-0.05, 0) is 41.1 Å². The summed E-state index contributed by atoms with van der Waals surface area (Å²) in [6.07, 6.45) is 1.76. The maximum atomic E-state index is 11.9. The smallest absolute Gasteiger partial charge is 0.326 e. The first-order chi connectivity index (χ1) is 8.58. The van der Waals surface area contributed by atoms with Crippen LogP contribution in [0.25, 0.3) is 0 Å². The molecule has 98 valence electrons. The van der Waals surface area contributed by atoms with Crippen molar-refractivity contribution in [2.45, 2.75) is 25.4 Å².